The number of likely N-dealkylation sites (N-methyl/N-ethyl adjacent to an activating group) is 1. The maximum atomic E-state index is 12.5. The van der Waals surface area contributed by atoms with Crippen LogP contribution in [0.5, 0.6) is 0 Å². The number of amides is 1. The van der Waals surface area contributed by atoms with Gasteiger partial charge in [-0.2, -0.15) is 13.2 Å². The average Bonchev–Trinajstić information content (AvgIpc) is 2.35. The summed E-state index contributed by atoms with van der Waals surface area (Å²) in [5.41, 5.74) is -0.971. The molecule has 2 heterocycles. The molecule has 1 aliphatic heterocycles. The highest BCUT2D eigenvalue weighted by Crippen LogP contribution is 2.30. The molecule has 1 aromatic heterocycles. The van der Waals surface area contributed by atoms with Gasteiger partial charge < -0.3 is 9.80 Å². The monoisotopic (exact) mass is 286 g/mol. The molecule has 0 bridgehead atoms. The zero-order chi connectivity index (χ0) is 14.9. The molecule has 2 rings (SSSR count). The van der Waals surface area contributed by atoms with E-state index < -0.39 is 11.9 Å². The molecular weight excluding hydrogens is 273 g/mol. The van der Waals surface area contributed by atoms with E-state index in [1.807, 2.05) is 0 Å². The van der Waals surface area contributed by atoms with E-state index in [2.05, 4.69) is 16.5 Å². The molecule has 108 valence electrons. The lowest BCUT2D eigenvalue weighted by Gasteiger charge is -2.44. The molecule has 1 amide bonds. The predicted molar refractivity (Wildman–Crippen MR) is 66.0 cm³/mol. The van der Waals surface area contributed by atoms with Crippen LogP contribution in [-0.4, -0.2) is 47.0 Å². The molecule has 1 aromatic rings. The Hall–Kier alpha value is -2.12. The smallest absolute Gasteiger partial charge is 0.352 e. The standard InChI is InChI=1S/C12H13F3N4O/c1-3-11(20)18(2)8-5-19(6-8)10-4-9(12(13,14)15)16-7-17-10/h3-4,7-8H,1,5-6H2,2H3. The van der Waals surface area contributed by atoms with Gasteiger partial charge in [0.1, 0.15) is 17.8 Å². The topological polar surface area (TPSA) is 49.3 Å². The first kappa shape index (κ1) is 14.3. The summed E-state index contributed by atoms with van der Waals surface area (Å²) < 4.78 is 37.6. The molecule has 0 unspecified atom stereocenters. The van der Waals surface area contributed by atoms with Crippen molar-refractivity contribution in [2.45, 2.75) is 12.2 Å². The minimum Gasteiger partial charge on any atom is -0.352 e. The van der Waals surface area contributed by atoms with Gasteiger partial charge in [0.05, 0.1) is 6.04 Å². The first-order chi connectivity index (χ1) is 9.32. The molecule has 0 saturated carbocycles. The Morgan fingerprint density at radius 2 is 2.15 bits per heavy atom. The van der Waals surface area contributed by atoms with Crippen LogP contribution in [0.15, 0.2) is 25.0 Å². The lowest BCUT2D eigenvalue weighted by atomic mass is 10.1. The average molecular weight is 286 g/mol. The highest BCUT2D eigenvalue weighted by molar-refractivity contribution is 5.87. The van der Waals surface area contributed by atoms with Crippen LogP contribution in [0.1, 0.15) is 5.69 Å². The number of carbonyl (C=O) groups is 1. The number of carbonyl (C=O) groups excluding carboxylic acids is 1. The number of halogens is 3. The van der Waals surface area contributed by atoms with Gasteiger partial charge in [-0.15, -0.1) is 0 Å². The van der Waals surface area contributed by atoms with Crippen molar-refractivity contribution < 1.29 is 18.0 Å². The van der Waals surface area contributed by atoms with Crippen LogP contribution < -0.4 is 4.90 Å². The molecule has 5 nitrogen and oxygen atoms in total. The zero-order valence-corrected chi connectivity index (χ0v) is 10.8. The normalized spacial score (nSPS) is 15.7. The van der Waals surface area contributed by atoms with Gasteiger partial charge in [-0.25, -0.2) is 9.97 Å². The fraction of sp³-hybridized carbons (Fsp3) is 0.417. The van der Waals surface area contributed by atoms with Crippen LogP contribution in [0, 0.1) is 0 Å². The van der Waals surface area contributed by atoms with Crippen LogP contribution in [0.3, 0.4) is 0 Å². The third-order valence-electron chi connectivity index (χ3n) is 3.20. The van der Waals surface area contributed by atoms with Gasteiger partial charge in [-0.3, -0.25) is 4.79 Å². The molecule has 8 heteroatoms. The van der Waals surface area contributed by atoms with Crippen LogP contribution in [-0.2, 0) is 11.0 Å². The second kappa shape index (κ2) is 5.10. The van der Waals surface area contributed by atoms with Gasteiger partial charge in [0.2, 0.25) is 5.91 Å². The number of hydrogen-bond donors (Lipinski definition) is 0. The van der Waals surface area contributed by atoms with E-state index in [9.17, 15) is 18.0 Å². The van der Waals surface area contributed by atoms with E-state index in [1.54, 1.807) is 11.9 Å². The molecule has 1 fully saturated rings. The van der Waals surface area contributed by atoms with Crippen molar-refractivity contribution in [2.75, 3.05) is 25.0 Å². The van der Waals surface area contributed by atoms with Crippen molar-refractivity contribution in [2.24, 2.45) is 0 Å². The van der Waals surface area contributed by atoms with Gasteiger partial charge in [0, 0.05) is 26.2 Å². The minimum absolute atomic E-state index is 0.0511. The van der Waals surface area contributed by atoms with Gasteiger partial charge >= 0.3 is 6.18 Å². The number of alkyl halides is 3. The Bertz CT molecular complexity index is 526. The van der Waals surface area contributed by atoms with Gasteiger partial charge in [-0.1, -0.05) is 6.58 Å². The fourth-order valence-electron chi connectivity index (χ4n) is 1.89. The van der Waals surface area contributed by atoms with E-state index in [0.717, 1.165) is 12.4 Å². The number of rotatable bonds is 3. The minimum atomic E-state index is -4.49. The molecule has 0 aliphatic carbocycles. The summed E-state index contributed by atoms with van der Waals surface area (Å²) in [5, 5.41) is 0. The van der Waals surface area contributed by atoms with Crippen molar-refractivity contribution in [3.8, 4) is 0 Å². The molecule has 1 saturated heterocycles. The second-order valence-corrected chi connectivity index (χ2v) is 4.47. The zero-order valence-electron chi connectivity index (χ0n) is 10.8. The number of anilines is 1. The van der Waals surface area contributed by atoms with Crippen molar-refractivity contribution in [3.05, 3.63) is 30.7 Å². The molecule has 20 heavy (non-hydrogen) atoms. The van der Waals surface area contributed by atoms with Crippen molar-refractivity contribution in [3.63, 3.8) is 0 Å². The summed E-state index contributed by atoms with van der Waals surface area (Å²) in [6.45, 7) is 4.26. The summed E-state index contributed by atoms with van der Waals surface area (Å²) >= 11 is 0. The summed E-state index contributed by atoms with van der Waals surface area (Å²) in [6.07, 6.45) is -2.39. The highest BCUT2D eigenvalue weighted by Gasteiger charge is 2.36. The van der Waals surface area contributed by atoms with E-state index in [4.69, 9.17) is 0 Å². The quantitative estimate of drug-likeness (QED) is 0.787. The van der Waals surface area contributed by atoms with Crippen molar-refractivity contribution >= 4 is 11.7 Å². The summed E-state index contributed by atoms with van der Waals surface area (Å²) in [4.78, 5) is 21.6. The molecule has 0 spiro atoms. The molecule has 0 N–H and O–H groups in total. The fourth-order valence-corrected chi connectivity index (χ4v) is 1.89. The van der Waals surface area contributed by atoms with E-state index in [0.29, 0.717) is 13.1 Å². The van der Waals surface area contributed by atoms with Crippen molar-refractivity contribution in [1.29, 1.82) is 0 Å². The summed E-state index contributed by atoms with van der Waals surface area (Å²) in [6, 6.07) is 0.857. The Balaban J connectivity index is 2.03. The second-order valence-electron chi connectivity index (χ2n) is 4.47. The maximum Gasteiger partial charge on any atom is 0.433 e. The lowest BCUT2D eigenvalue weighted by Crippen LogP contribution is -2.59. The Morgan fingerprint density at radius 1 is 1.50 bits per heavy atom. The molecule has 1 aliphatic rings. The van der Waals surface area contributed by atoms with Crippen molar-refractivity contribution in [1.82, 2.24) is 14.9 Å². The third kappa shape index (κ3) is 2.73. The summed E-state index contributed by atoms with van der Waals surface area (Å²) in [7, 11) is 1.63. The van der Waals surface area contributed by atoms with E-state index in [-0.39, 0.29) is 17.8 Å². The van der Waals surface area contributed by atoms with Crippen LogP contribution in [0.4, 0.5) is 19.0 Å². The number of hydrogen-bond acceptors (Lipinski definition) is 4. The molecule has 0 radical (unpaired) electrons. The maximum absolute atomic E-state index is 12.5. The Labute approximate surface area is 113 Å². The van der Waals surface area contributed by atoms with Crippen LogP contribution in [0.25, 0.3) is 0 Å². The Kier molecular flexibility index (Phi) is 3.65. The molecular formula is C12H13F3N4O. The third-order valence-corrected chi connectivity index (χ3v) is 3.20. The molecule has 0 atom stereocenters. The number of aromatic nitrogens is 2. The lowest BCUT2D eigenvalue weighted by molar-refractivity contribution is -0.141. The SMILES string of the molecule is C=CC(=O)N(C)C1CN(c2cc(C(F)(F)F)ncn2)C1. The predicted octanol–water partition coefficient (Wildman–Crippen LogP) is 1.33. The van der Waals surface area contributed by atoms with Gasteiger partial charge in [0.25, 0.3) is 0 Å². The van der Waals surface area contributed by atoms with Gasteiger partial charge in [-0.05, 0) is 6.08 Å². The summed E-state index contributed by atoms with van der Waals surface area (Å²) in [5.74, 6) is -0.00338. The van der Waals surface area contributed by atoms with Crippen LogP contribution >= 0.6 is 0 Å². The van der Waals surface area contributed by atoms with Gasteiger partial charge in [0.15, 0.2) is 0 Å². The largest absolute Gasteiger partial charge is 0.433 e. The Morgan fingerprint density at radius 3 is 2.70 bits per heavy atom. The first-order valence-corrected chi connectivity index (χ1v) is 5.86. The van der Waals surface area contributed by atoms with Crippen LogP contribution in [0.2, 0.25) is 0 Å². The molecule has 0 aromatic carbocycles. The number of nitrogens with zero attached hydrogens (tertiary/aromatic N) is 4. The first-order valence-electron chi connectivity index (χ1n) is 5.86. The van der Waals surface area contributed by atoms with E-state index >= 15 is 0 Å². The van der Waals surface area contributed by atoms with E-state index in [1.165, 1.54) is 11.0 Å². The highest BCUT2D eigenvalue weighted by atomic mass is 19.4.